The van der Waals surface area contributed by atoms with Crippen molar-refractivity contribution in [3.8, 4) is 5.75 Å². The Morgan fingerprint density at radius 3 is 1.73 bits per heavy atom. The highest BCUT2D eigenvalue weighted by atomic mass is 16.4. The average Bonchev–Trinajstić information content (AvgIpc) is 1.48. The fraction of sp³-hybridized carbons (Fsp3) is 0.538. The van der Waals surface area contributed by atoms with Crippen LogP contribution in [0, 0.1) is 17.8 Å². The van der Waals surface area contributed by atoms with Gasteiger partial charge in [0, 0.05) is 68.6 Å². The van der Waals surface area contributed by atoms with Gasteiger partial charge in [0.05, 0.1) is 25.1 Å². The SMILES string of the molecule is CC[C@H](C)[C@H](NC(=O)[C@H](Cc1ccc(O)cc1)NC(=O)[C@@H](NC(=O)[C@H](CCCN=C(N)N)NC(=O)[C@@H](N)CC(=O)O)C(C)C)C(=O)N[C@@H](Cc1cnc[nH]1)C(=O)N1CCC[C@H]1C(=O)N(C(C)C)[C@@H](Cc1ccccc1)C(=O)N[C@@H](Cc1cnc[nH]1)C(=O)N[C@@H](CC(C)C)C(=O)O. The minimum absolute atomic E-state index is 0.0421. The summed E-state index contributed by atoms with van der Waals surface area (Å²) in [5.41, 5.74) is 18.7. The molecule has 1 saturated heterocycles. The number of nitrogens with one attached hydrogen (secondary N) is 9. The number of likely N-dealkylation sites (tertiary alicyclic amines) is 1. The number of H-pyrrole nitrogens is 2. The molecule has 1 fully saturated rings. The van der Waals surface area contributed by atoms with Gasteiger partial charge in [-0.1, -0.05) is 90.4 Å². The standard InChI is InChI=1S/C65H95N17O14/c1-9-38(8)54(80-58(89)46(26-40-19-21-43(83)22-20-40)76-60(91)53(36(4)5)79-56(87)45(17-13-23-71-65(67)68)74-55(86)44(66)30-52(84)85)61(92)77-48(29-42-32-70-34-73-42)62(93)81-24-14-18-50(81)63(94)82(37(6)7)51(27-39-15-11-10-12-16-39)59(90)75-47(28-41-31-69-33-72-41)57(88)78-49(64(95)96)25-35(2)3/h10-12,15-16,19-22,31-38,44-51,53-54,83H,9,13-14,17-18,23-30,66H2,1-8H3,(H,69,72)(H,70,73)(H,74,86)(H,75,90)(H,76,91)(H,77,92)(H,78,88)(H,79,87)(H,80,89)(H,84,85)(H,95,96)(H4,67,68,71)/t38-,44-,45-,46-,47-,48-,49-,50-,51-,53-,54-/m0/s1. The maximum Gasteiger partial charge on any atom is 0.326 e. The third-order valence-electron chi connectivity index (χ3n) is 16.4. The van der Waals surface area contributed by atoms with Crippen molar-refractivity contribution in [1.29, 1.82) is 0 Å². The molecule has 9 amide bonds. The van der Waals surface area contributed by atoms with Crippen molar-refractivity contribution in [3.63, 3.8) is 0 Å². The molecule has 2 aromatic heterocycles. The molecule has 31 heteroatoms. The molecule has 18 N–H and O–H groups in total. The van der Waals surface area contributed by atoms with Gasteiger partial charge in [0.1, 0.15) is 60.1 Å². The molecule has 3 heterocycles. The lowest BCUT2D eigenvalue weighted by molar-refractivity contribution is -0.151. The van der Waals surface area contributed by atoms with Gasteiger partial charge in [-0.3, -0.25) is 52.9 Å². The number of phenolic OH excluding ortho intramolecular Hbond substituents is 1. The normalized spacial score (nSPS) is 16.0. The number of hydrogen-bond acceptors (Lipinski definition) is 16. The van der Waals surface area contributed by atoms with Crippen molar-refractivity contribution in [2.45, 2.75) is 192 Å². The first-order valence-electron chi connectivity index (χ1n) is 32.2. The molecule has 31 nitrogen and oxygen atoms in total. The van der Waals surface area contributed by atoms with Gasteiger partial charge in [0.2, 0.25) is 53.2 Å². The molecule has 5 rings (SSSR count). The summed E-state index contributed by atoms with van der Waals surface area (Å²) in [4.78, 5) is 176. The first-order chi connectivity index (χ1) is 45.5. The monoisotopic (exact) mass is 1340 g/mol. The Hall–Kier alpha value is -9.94. The Morgan fingerprint density at radius 2 is 1.18 bits per heavy atom. The lowest BCUT2D eigenvalue weighted by Crippen LogP contribution is -2.63. The van der Waals surface area contributed by atoms with E-state index < -0.39 is 150 Å². The zero-order valence-electron chi connectivity index (χ0n) is 55.6. The molecule has 0 spiro atoms. The molecule has 0 unspecified atom stereocenters. The number of carboxylic acid groups (broad SMARTS) is 2. The van der Waals surface area contributed by atoms with E-state index in [1.165, 1.54) is 59.1 Å². The Bertz CT molecular complexity index is 3270. The second kappa shape index (κ2) is 37.2. The predicted molar refractivity (Wildman–Crippen MR) is 352 cm³/mol. The highest BCUT2D eigenvalue weighted by Gasteiger charge is 2.45. The molecule has 2 aromatic carbocycles. The quantitative estimate of drug-likeness (QED) is 0.0157. The van der Waals surface area contributed by atoms with Gasteiger partial charge in [-0.25, -0.2) is 14.8 Å². The zero-order valence-corrected chi connectivity index (χ0v) is 55.6. The number of aromatic amines is 2. The molecule has 11 atom stereocenters. The smallest absolute Gasteiger partial charge is 0.326 e. The largest absolute Gasteiger partial charge is 0.508 e. The number of nitrogens with two attached hydrogens (primary N) is 3. The number of imidazole rings is 2. The summed E-state index contributed by atoms with van der Waals surface area (Å²) in [5.74, 6) is -11.5. The third kappa shape index (κ3) is 23.5. The van der Waals surface area contributed by atoms with E-state index in [1.54, 1.807) is 71.9 Å². The maximum atomic E-state index is 15.5. The summed E-state index contributed by atoms with van der Waals surface area (Å²) >= 11 is 0. The Kier molecular flexibility index (Phi) is 29.8. The number of benzene rings is 2. The Labute approximate surface area is 557 Å². The number of aliphatic imine (C=N–C) groups is 1. The topological polar surface area (TPSA) is 487 Å². The molecule has 524 valence electrons. The van der Waals surface area contributed by atoms with Gasteiger partial charge in [-0.15, -0.1) is 0 Å². The van der Waals surface area contributed by atoms with E-state index in [0.717, 1.165) is 0 Å². The van der Waals surface area contributed by atoms with E-state index in [-0.39, 0.29) is 82.1 Å². The van der Waals surface area contributed by atoms with Gasteiger partial charge in [-0.05, 0) is 87.0 Å². The molecule has 0 radical (unpaired) electrons. The highest BCUT2D eigenvalue weighted by molar-refractivity contribution is 5.99. The zero-order chi connectivity index (χ0) is 70.9. The minimum atomic E-state index is -1.53. The summed E-state index contributed by atoms with van der Waals surface area (Å²) in [6.07, 6.45) is 5.35. The van der Waals surface area contributed by atoms with Crippen LogP contribution in [0.4, 0.5) is 0 Å². The van der Waals surface area contributed by atoms with Crippen molar-refractivity contribution in [1.82, 2.24) is 67.0 Å². The Balaban J connectivity index is 1.45. The Morgan fingerprint density at radius 1 is 0.646 bits per heavy atom. The number of nitrogens with zero attached hydrogens (tertiary/aromatic N) is 5. The number of rotatable bonds is 38. The lowest BCUT2D eigenvalue weighted by Gasteiger charge is -2.39. The molecule has 1 aliphatic rings. The molecule has 1 aliphatic heterocycles. The van der Waals surface area contributed by atoms with E-state index in [2.05, 4.69) is 62.1 Å². The molecular weight excluding hydrogens is 1240 g/mol. The predicted octanol–water partition coefficient (Wildman–Crippen LogP) is -0.212. The number of aromatic hydroxyl groups is 1. The number of guanidine groups is 1. The van der Waals surface area contributed by atoms with E-state index >= 15 is 19.2 Å². The van der Waals surface area contributed by atoms with Crippen molar-refractivity contribution in [3.05, 3.63) is 102 Å². The molecule has 0 saturated carbocycles. The molecular formula is C65H95N17O14. The second-order valence-electron chi connectivity index (χ2n) is 25.2. The number of carbonyl (C=O) groups is 11. The van der Waals surface area contributed by atoms with Crippen LogP contribution in [0.5, 0.6) is 5.75 Å². The third-order valence-corrected chi connectivity index (χ3v) is 16.4. The van der Waals surface area contributed by atoms with Crippen molar-refractivity contribution < 1.29 is 68.1 Å². The summed E-state index contributed by atoms with van der Waals surface area (Å²) < 4.78 is 0. The fourth-order valence-electron chi connectivity index (χ4n) is 11.1. The fourth-order valence-corrected chi connectivity index (χ4v) is 11.1. The van der Waals surface area contributed by atoms with Crippen molar-refractivity contribution in [2.75, 3.05) is 13.1 Å². The van der Waals surface area contributed by atoms with Crippen LogP contribution in [0.1, 0.15) is 123 Å². The van der Waals surface area contributed by atoms with Crippen LogP contribution in [0.2, 0.25) is 0 Å². The van der Waals surface area contributed by atoms with E-state index in [9.17, 15) is 48.9 Å². The number of aromatic nitrogens is 4. The molecule has 96 heavy (non-hydrogen) atoms. The molecule has 0 bridgehead atoms. The number of hydrogen-bond donors (Lipinski definition) is 15. The molecule has 4 aromatic rings. The average molecular weight is 1340 g/mol. The van der Waals surface area contributed by atoms with Gasteiger partial charge in [-0.2, -0.15) is 0 Å². The van der Waals surface area contributed by atoms with Crippen LogP contribution in [0.15, 0.2) is 84.6 Å². The minimum Gasteiger partial charge on any atom is -0.508 e. The summed E-state index contributed by atoms with van der Waals surface area (Å²) in [5, 5.41) is 48.4. The van der Waals surface area contributed by atoms with Crippen molar-refractivity contribution >= 4 is 71.1 Å². The second-order valence-corrected chi connectivity index (χ2v) is 25.2. The van der Waals surface area contributed by atoms with Crippen LogP contribution < -0.4 is 54.4 Å². The first kappa shape index (κ1) is 76.8. The first-order valence-corrected chi connectivity index (χ1v) is 32.2. The number of carboxylic acids is 2. The summed E-state index contributed by atoms with van der Waals surface area (Å²) in [7, 11) is 0. The summed E-state index contributed by atoms with van der Waals surface area (Å²) in [6.45, 7) is 13.8. The number of phenols is 1. The maximum absolute atomic E-state index is 15.5. The van der Waals surface area contributed by atoms with Crippen LogP contribution in [0.3, 0.4) is 0 Å². The molecule has 0 aliphatic carbocycles. The van der Waals surface area contributed by atoms with E-state index in [4.69, 9.17) is 17.2 Å². The van der Waals surface area contributed by atoms with Gasteiger partial charge in [0.15, 0.2) is 5.96 Å². The number of amides is 9. The lowest BCUT2D eigenvalue weighted by atomic mass is 9.96. The van der Waals surface area contributed by atoms with Gasteiger partial charge < -0.3 is 89.5 Å². The van der Waals surface area contributed by atoms with E-state index in [0.29, 0.717) is 35.4 Å². The van der Waals surface area contributed by atoms with Crippen LogP contribution >= 0.6 is 0 Å². The van der Waals surface area contributed by atoms with Crippen LogP contribution in [0.25, 0.3) is 0 Å². The number of aliphatic carboxylic acids is 2. The van der Waals surface area contributed by atoms with E-state index in [1.807, 2.05) is 13.8 Å². The summed E-state index contributed by atoms with van der Waals surface area (Å²) in [6, 6.07) is 0.295. The van der Waals surface area contributed by atoms with Gasteiger partial charge >= 0.3 is 11.9 Å². The number of carbonyl (C=O) groups excluding carboxylic acids is 9. The highest BCUT2D eigenvalue weighted by Crippen LogP contribution is 2.26. The van der Waals surface area contributed by atoms with Gasteiger partial charge in [0.25, 0.3) is 0 Å². The van der Waals surface area contributed by atoms with Crippen molar-refractivity contribution in [2.24, 2.45) is 39.9 Å². The van der Waals surface area contributed by atoms with Crippen LogP contribution in [-0.2, 0) is 78.4 Å². The van der Waals surface area contributed by atoms with Crippen LogP contribution in [-0.4, -0.2) is 196 Å².